The van der Waals surface area contributed by atoms with Crippen LogP contribution in [0.1, 0.15) is 46.0 Å². The standard InChI is InChI=1S/C15H26N2O3/c1-10(2)5-14(18)16-12-6-13(7-12)17(9-15(19)20)8-11-3-4-11/h10-13H,3-9H2,1-2H3,(H,16,18)(H,19,20). The SMILES string of the molecule is CC(C)CC(=O)NC1CC(N(CC(=O)O)CC2CC2)C1. The van der Waals surface area contributed by atoms with E-state index in [4.69, 9.17) is 5.11 Å². The lowest BCUT2D eigenvalue weighted by atomic mass is 9.85. The Balaban J connectivity index is 1.71. The molecule has 1 amide bonds. The van der Waals surface area contributed by atoms with Gasteiger partial charge < -0.3 is 10.4 Å². The van der Waals surface area contributed by atoms with Gasteiger partial charge in [-0.1, -0.05) is 13.8 Å². The average Bonchev–Trinajstić information content (AvgIpc) is 3.04. The highest BCUT2D eigenvalue weighted by molar-refractivity contribution is 5.76. The largest absolute Gasteiger partial charge is 0.480 e. The zero-order valence-corrected chi connectivity index (χ0v) is 12.5. The number of nitrogens with one attached hydrogen (secondary N) is 1. The van der Waals surface area contributed by atoms with Crippen molar-refractivity contribution in [3.05, 3.63) is 0 Å². The molecule has 5 heteroatoms. The zero-order chi connectivity index (χ0) is 14.7. The number of hydrogen-bond donors (Lipinski definition) is 2. The van der Waals surface area contributed by atoms with Gasteiger partial charge in [-0.15, -0.1) is 0 Å². The molecule has 0 spiro atoms. The summed E-state index contributed by atoms with van der Waals surface area (Å²) in [6, 6.07) is 0.567. The molecule has 2 saturated carbocycles. The highest BCUT2D eigenvalue weighted by atomic mass is 16.4. The molecule has 2 rings (SSSR count). The van der Waals surface area contributed by atoms with Gasteiger partial charge in [-0.05, 0) is 37.5 Å². The van der Waals surface area contributed by atoms with Crippen molar-refractivity contribution < 1.29 is 14.7 Å². The fraction of sp³-hybridized carbons (Fsp3) is 0.867. The third-order valence-corrected chi connectivity index (χ3v) is 4.12. The molecule has 20 heavy (non-hydrogen) atoms. The molecule has 0 aromatic heterocycles. The van der Waals surface area contributed by atoms with Crippen LogP contribution in [0.2, 0.25) is 0 Å². The summed E-state index contributed by atoms with van der Waals surface area (Å²) in [5.74, 6) is 0.446. The molecule has 0 unspecified atom stereocenters. The number of nitrogens with zero attached hydrogens (tertiary/aromatic N) is 1. The van der Waals surface area contributed by atoms with Crippen molar-refractivity contribution in [2.45, 2.75) is 58.0 Å². The summed E-state index contributed by atoms with van der Waals surface area (Å²) in [4.78, 5) is 24.7. The van der Waals surface area contributed by atoms with E-state index in [1.165, 1.54) is 12.8 Å². The van der Waals surface area contributed by atoms with Gasteiger partial charge in [0.25, 0.3) is 0 Å². The van der Waals surface area contributed by atoms with Crippen molar-refractivity contribution in [2.75, 3.05) is 13.1 Å². The second-order valence-electron chi connectivity index (χ2n) is 6.75. The molecule has 2 N–H and O–H groups in total. The van der Waals surface area contributed by atoms with Crippen molar-refractivity contribution in [1.29, 1.82) is 0 Å². The first-order valence-electron chi connectivity index (χ1n) is 7.69. The predicted octanol–water partition coefficient (Wildman–Crippen LogP) is 1.48. The highest BCUT2D eigenvalue weighted by Gasteiger charge is 2.37. The molecular weight excluding hydrogens is 256 g/mol. The van der Waals surface area contributed by atoms with Crippen LogP contribution in [0.3, 0.4) is 0 Å². The lowest BCUT2D eigenvalue weighted by Gasteiger charge is -2.42. The van der Waals surface area contributed by atoms with Crippen molar-refractivity contribution in [1.82, 2.24) is 10.2 Å². The minimum Gasteiger partial charge on any atom is -0.480 e. The number of carbonyl (C=O) groups excluding carboxylic acids is 1. The maximum atomic E-state index is 11.7. The Morgan fingerprint density at radius 1 is 1.30 bits per heavy atom. The van der Waals surface area contributed by atoms with Gasteiger partial charge in [-0.25, -0.2) is 0 Å². The number of carbonyl (C=O) groups is 2. The number of amides is 1. The molecule has 0 aliphatic heterocycles. The van der Waals surface area contributed by atoms with Gasteiger partial charge >= 0.3 is 5.97 Å². The molecule has 0 aromatic rings. The van der Waals surface area contributed by atoms with Crippen molar-refractivity contribution in [3.63, 3.8) is 0 Å². The molecule has 0 aromatic carbocycles. The van der Waals surface area contributed by atoms with Gasteiger partial charge in [0.1, 0.15) is 0 Å². The van der Waals surface area contributed by atoms with E-state index in [0.717, 1.165) is 19.4 Å². The van der Waals surface area contributed by atoms with Crippen LogP contribution in [0, 0.1) is 11.8 Å². The van der Waals surface area contributed by atoms with Crippen LogP contribution >= 0.6 is 0 Å². The minimum absolute atomic E-state index is 0.121. The van der Waals surface area contributed by atoms with Gasteiger partial charge in [0.2, 0.25) is 5.91 Å². The van der Waals surface area contributed by atoms with Crippen molar-refractivity contribution >= 4 is 11.9 Å². The second-order valence-corrected chi connectivity index (χ2v) is 6.75. The molecule has 114 valence electrons. The van der Waals surface area contributed by atoms with Crippen LogP contribution in [0.5, 0.6) is 0 Å². The fourth-order valence-corrected chi connectivity index (χ4v) is 2.81. The lowest BCUT2D eigenvalue weighted by molar-refractivity contribution is -0.140. The zero-order valence-electron chi connectivity index (χ0n) is 12.5. The minimum atomic E-state index is -0.752. The fourth-order valence-electron chi connectivity index (χ4n) is 2.81. The van der Waals surface area contributed by atoms with E-state index < -0.39 is 5.97 Å². The summed E-state index contributed by atoms with van der Waals surface area (Å²) in [6.45, 7) is 5.11. The van der Waals surface area contributed by atoms with Gasteiger partial charge in [0.15, 0.2) is 0 Å². The lowest BCUT2D eigenvalue weighted by Crippen LogP contribution is -2.55. The number of carboxylic acids is 1. The van der Waals surface area contributed by atoms with Crippen molar-refractivity contribution in [2.24, 2.45) is 11.8 Å². The van der Waals surface area contributed by atoms with E-state index in [2.05, 4.69) is 10.2 Å². The molecule has 2 aliphatic carbocycles. The molecule has 0 bridgehead atoms. The maximum Gasteiger partial charge on any atom is 0.317 e. The normalized spacial score (nSPS) is 25.6. The predicted molar refractivity (Wildman–Crippen MR) is 76.3 cm³/mol. The number of rotatable bonds is 8. The second kappa shape index (κ2) is 6.57. The van der Waals surface area contributed by atoms with Gasteiger partial charge in [0.05, 0.1) is 6.54 Å². The van der Waals surface area contributed by atoms with E-state index >= 15 is 0 Å². The number of hydrogen-bond acceptors (Lipinski definition) is 3. The summed E-state index contributed by atoms with van der Waals surface area (Å²) in [6.07, 6.45) is 4.82. The van der Waals surface area contributed by atoms with E-state index in [1.807, 2.05) is 13.8 Å². The molecule has 0 heterocycles. The third kappa shape index (κ3) is 4.78. The quantitative estimate of drug-likeness (QED) is 0.707. The monoisotopic (exact) mass is 282 g/mol. The van der Waals surface area contributed by atoms with Gasteiger partial charge in [-0.2, -0.15) is 0 Å². The third-order valence-electron chi connectivity index (χ3n) is 4.12. The Morgan fingerprint density at radius 2 is 1.95 bits per heavy atom. The molecular formula is C15H26N2O3. The van der Waals surface area contributed by atoms with Crippen LogP contribution in [-0.4, -0.2) is 47.1 Å². The van der Waals surface area contributed by atoms with E-state index in [-0.39, 0.29) is 18.5 Å². The molecule has 0 saturated heterocycles. The summed E-state index contributed by atoms with van der Waals surface area (Å²) in [5.41, 5.74) is 0. The average molecular weight is 282 g/mol. The van der Waals surface area contributed by atoms with Gasteiger partial charge in [0, 0.05) is 25.0 Å². The molecule has 0 atom stereocenters. The summed E-state index contributed by atoms with van der Waals surface area (Å²) in [7, 11) is 0. The van der Waals surface area contributed by atoms with E-state index in [9.17, 15) is 9.59 Å². The topological polar surface area (TPSA) is 69.6 Å². The van der Waals surface area contributed by atoms with Crippen LogP contribution in [0.25, 0.3) is 0 Å². The number of aliphatic carboxylic acids is 1. The summed E-state index contributed by atoms with van der Waals surface area (Å²) in [5, 5.41) is 12.0. The smallest absolute Gasteiger partial charge is 0.317 e. The van der Waals surface area contributed by atoms with Crippen LogP contribution in [0.4, 0.5) is 0 Å². The van der Waals surface area contributed by atoms with E-state index in [1.54, 1.807) is 0 Å². The summed E-state index contributed by atoms with van der Waals surface area (Å²) >= 11 is 0. The number of carboxylic acid groups (broad SMARTS) is 1. The summed E-state index contributed by atoms with van der Waals surface area (Å²) < 4.78 is 0. The van der Waals surface area contributed by atoms with Crippen LogP contribution < -0.4 is 5.32 Å². The van der Waals surface area contributed by atoms with Crippen LogP contribution in [-0.2, 0) is 9.59 Å². The first-order valence-corrected chi connectivity index (χ1v) is 7.69. The Morgan fingerprint density at radius 3 is 2.45 bits per heavy atom. The Bertz CT molecular complexity index is 360. The highest BCUT2D eigenvalue weighted by Crippen LogP contribution is 2.33. The van der Waals surface area contributed by atoms with Crippen LogP contribution in [0.15, 0.2) is 0 Å². The van der Waals surface area contributed by atoms with Gasteiger partial charge in [-0.3, -0.25) is 14.5 Å². The molecule has 2 fully saturated rings. The first-order chi connectivity index (χ1) is 9.44. The Kier molecular flexibility index (Phi) is 5.02. The first kappa shape index (κ1) is 15.3. The Hall–Kier alpha value is -1.10. The molecule has 2 aliphatic rings. The van der Waals surface area contributed by atoms with Crippen molar-refractivity contribution in [3.8, 4) is 0 Å². The molecule has 0 radical (unpaired) electrons. The molecule has 5 nitrogen and oxygen atoms in total. The Labute approximate surface area is 120 Å². The van der Waals surface area contributed by atoms with E-state index in [0.29, 0.717) is 24.3 Å². The maximum absolute atomic E-state index is 11.7.